The third-order valence-corrected chi connectivity index (χ3v) is 17.0. The Hall–Kier alpha value is -6.53. The zero-order chi connectivity index (χ0) is 43.0. The van der Waals surface area contributed by atoms with Crippen LogP contribution in [0.1, 0.15) is 22.3 Å². The van der Waals surface area contributed by atoms with Crippen LogP contribution in [-0.4, -0.2) is 39.2 Å². The average Bonchev–Trinajstić information content (AvgIpc) is 3.99. The molecule has 0 fully saturated rings. The molecule has 2 aliphatic rings. The van der Waals surface area contributed by atoms with E-state index in [1.807, 2.05) is 23.1 Å². The van der Waals surface area contributed by atoms with E-state index in [4.69, 9.17) is 4.42 Å². The van der Waals surface area contributed by atoms with E-state index in [2.05, 4.69) is 214 Å². The summed E-state index contributed by atoms with van der Waals surface area (Å²) in [4.78, 5) is 5.03. The Kier molecular flexibility index (Phi) is 8.30. The van der Waals surface area contributed by atoms with Crippen LogP contribution in [0.3, 0.4) is 0 Å². The van der Waals surface area contributed by atoms with Gasteiger partial charge in [-0.1, -0.05) is 132 Å². The Bertz CT molecular complexity index is 3740. The number of furan rings is 1. The van der Waals surface area contributed by atoms with Crippen LogP contribution in [-0.2, 0) is 5.41 Å². The van der Waals surface area contributed by atoms with Crippen LogP contribution in [0.2, 0.25) is 0 Å². The van der Waals surface area contributed by atoms with Crippen molar-refractivity contribution in [1.29, 1.82) is 0 Å². The highest BCUT2D eigenvalue weighted by Gasteiger charge is 2.50. The van der Waals surface area contributed by atoms with Crippen LogP contribution in [0.25, 0.3) is 64.4 Å². The highest BCUT2D eigenvalue weighted by Crippen LogP contribution is 2.62. The third-order valence-electron chi connectivity index (χ3n) is 14.7. The number of hydrogen-bond acceptors (Lipinski definition) is 4. The lowest BCUT2D eigenvalue weighted by Crippen LogP contribution is -2.55. The Morgan fingerprint density at radius 2 is 0.984 bits per heavy atom. The molecule has 9 heteroatoms. The van der Waals surface area contributed by atoms with Gasteiger partial charge in [0.25, 0.3) is 0 Å². The van der Waals surface area contributed by atoms with E-state index in [0.29, 0.717) is 0 Å². The molecule has 0 unspecified atom stereocenters. The van der Waals surface area contributed by atoms with E-state index in [-0.39, 0.29) is 0 Å². The second-order valence-electron chi connectivity index (χ2n) is 17.7. The molecule has 1 aliphatic heterocycles. The molecule has 11 aromatic rings. The Balaban J connectivity index is 1.06. The minimum Gasteiger partial charge on any atom is -0.456 e. The van der Waals surface area contributed by atoms with Crippen LogP contribution in [0.15, 0.2) is 184 Å². The Morgan fingerprint density at radius 3 is 1.77 bits per heavy atom. The first kappa shape index (κ1) is 38.0. The normalized spacial score (nSPS) is 13.4. The largest absolute Gasteiger partial charge is 0.456 e. The highest BCUT2D eigenvalue weighted by molar-refractivity contribution is 7.99. The van der Waals surface area contributed by atoms with Crippen molar-refractivity contribution in [2.75, 3.05) is 4.90 Å². The van der Waals surface area contributed by atoms with Crippen molar-refractivity contribution < 1.29 is 4.42 Å². The molecule has 0 saturated heterocycles. The summed E-state index contributed by atoms with van der Waals surface area (Å²) in [6, 6.07) is 63.5. The molecule has 0 amide bonds. The first-order chi connectivity index (χ1) is 31.3. The van der Waals surface area contributed by atoms with Crippen LogP contribution in [0.4, 0.5) is 17.1 Å². The molecular weight excluding hydrogens is 809 g/mol. The quantitative estimate of drug-likeness (QED) is 0.175. The second-order valence-corrected chi connectivity index (χ2v) is 19.9. The zero-order valence-electron chi connectivity index (χ0n) is 36.3. The highest BCUT2D eigenvalue weighted by atomic mass is 32.2. The summed E-state index contributed by atoms with van der Waals surface area (Å²) in [5.74, 6) is 0. The topological polar surface area (TPSA) is 16.4 Å². The fraction of sp³-hybridized carbons (Fsp3) is 0.0182. The fourth-order valence-electron chi connectivity index (χ4n) is 11.4. The van der Waals surface area contributed by atoms with Gasteiger partial charge in [0.05, 0.1) is 5.41 Å². The summed E-state index contributed by atoms with van der Waals surface area (Å²) in [6.45, 7) is 0. The number of fused-ring (bicyclic) bond motifs is 15. The lowest BCUT2D eigenvalue weighted by Gasteiger charge is -2.40. The molecule has 0 N–H and O–H groups in total. The van der Waals surface area contributed by atoms with Gasteiger partial charge in [0.15, 0.2) is 0 Å². The van der Waals surface area contributed by atoms with Crippen molar-refractivity contribution in [3.8, 4) is 22.3 Å². The first-order valence-corrected chi connectivity index (χ1v) is 23.8. The molecule has 0 radical (unpaired) electrons. The predicted octanol–water partition coefficient (Wildman–Crippen LogP) is 7.21. The van der Waals surface area contributed by atoms with Gasteiger partial charge in [-0.3, -0.25) is 0 Å². The SMILES string of the molecule is Bc1c(B)c(B)c(-c2cccc3oc4ccc(N(c5ccc6c(c5)Sc5ccccc5C65c6ccccc6-c6ccccc65)c5ccc6c(c5)sc5ccccc56)cc4c23)c(B)c1B. The third kappa shape index (κ3) is 5.17. The summed E-state index contributed by atoms with van der Waals surface area (Å²) in [6.07, 6.45) is 0. The maximum atomic E-state index is 6.71. The van der Waals surface area contributed by atoms with E-state index in [1.54, 1.807) is 0 Å². The summed E-state index contributed by atoms with van der Waals surface area (Å²) in [5, 5.41) is 4.87. The van der Waals surface area contributed by atoms with Crippen molar-refractivity contribution in [3.05, 3.63) is 192 Å². The van der Waals surface area contributed by atoms with E-state index >= 15 is 0 Å². The number of rotatable bonds is 4. The van der Waals surface area contributed by atoms with Crippen LogP contribution in [0, 0.1) is 0 Å². The van der Waals surface area contributed by atoms with Crippen molar-refractivity contribution >= 4 is 149 Å². The van der Waals surface area contributed by atoms with Crippen molar-refractivity contribution in [1.82, 2.24) is 0 Å². The summed E-state index contributed by atoms with van der Waals surface area (Å²) < 4.78 is 9.29. The molecule has 0 saturated carbocycles. The van der Waals surface area contributed by atoms with Crippen molar-refractivity contribution in [2.24, 2.45) is 0 Å². The maximum Gasteiger partial charge on any atom is 0.139 e. The molecule has 0 atom stereocenters. The zero-order valence-corrected chi connectivity index (χ0v) is 38.0. The van der Waals surface area contributed by atoms with Crippen molar-refractivity contribution in [2.45, 2.75) is 15.2 Å². The van der Waals surface area contributed by atoms with Gasteiger partial charge in [0.2, 0.25) is 0 Å². The van der Waals surface area contributed by atoms with Gasteiger partial charge in [-0.25, -0.2) is 0 Å². The molecule has 0 bridgehead atoms. The van der Waals surface area contributed by atoms with E-state index in [1.165, 1.54) is 102 Å². The summed E-state index contributed by atoms with van der Waals surface area (Å²) >= 11 is 3.76. The predicted molar refractivity (Wildman–Crippen MR) is 289 cm³/mol. The van der Waals surface area contributed by atoms with E-state index in [9.17, 15) is 0 Å². The fourth-order valence-corrected chi connectivity index (χ4v) is 13.7. The molecular formula is C55H38B5NOS2. The van der Waals surface area contributed by atoms with Crippen LogP contribution in [0.5, 0.6) is 0 Å². The smallest absolute Gasteiger partial charge is 0.139 e. The number of nitrogens with zero attached hydrogens (tertiary/aromatic N) is 1. The number of anilines is 3. The van der Waals surface area contributed by atoms with E-state index in [0.717, 1.165) is 39.0 Å². The van der Waals surface area contributed by atoms with Gasteiger partial charge >= 0.3 is 0 Å². The Morgan fingerprint density at radius 1 is 0.406 bits per heavy atom. The van der Waals surface area contributed by atoms with Crippen LogP contribution < -0.4 is 32.2 Å². The molecule has 9 aromatic carbocycles. The second kappa shape index (κ2) is 14.0. The first-order valence-electron chi connectivity index (χ1n) is 22.2. The molecule has 296 valence electrons. The standard InChI is InChI=1S/C55H38B5NOS2/c56-50-49(51(57)53(59)54(60)52(50)58)36-13-9-17-43-48(36)37-26-29(22-25-42(37)62-43)61(30-20-23-35-34-12-3-7-18-44(34)63-46(35)27-30)31-21-24-41-47(28-31)64-45-19-8-6-16-40(45)55(41)38-14-4-1-10-32(38)33-11-2-5-15-39(33)55/h1-28H,56-60H2. The lowest BCUT2D eigenvalue weighted by atomic mass is 9.59. The minimum absolute atomic E-state index is 0.433. The maximum absolute atomic E-state index is 6.71. The molecule has 64 heavy (non-hydrogen) atoms. The van der Waals surface area contributed by atoms with Gasteiger partial charge in [-0.05, 0) is 105 Å². The van der Waals surface area contributed by atoms with Gasteiger partial charge < -0.3 is 9.32 Å². The lowest BCUT2D eigenvalue weighted by molar-refractivity contribution is 0.669. The average molecular weight is 847 g/mol. The monoisotopic (exact) mass is 847 g/mol. The Labute approximate surface area is 385 Å². The van der Waals surface area contributed by atoms with Gasteiger partial charge in [-0.2, -0.15) is 0 Å². The number of hydrogen-bond donors (Lipinski definition) is 0. The molecule has 13 rings (SSSR count). The van der Waals surface area contributed by atoms with Gasteiger partial charge in [0.1, 0.15) is 50.4 Å². The van der Waals surface area contributed by atoms with Crippen molar-refractivity contribution in [3.63, 3.8) is 0 Å². The molecule has 3 heterocycles. The summed E-state index contributed by atoms with van der Waals surface area (Å²) in [5.41, 5.74) is 22.0. The molecule has 2 aromatic heterocycles. The number of benzene rings is 9. The van der Waals surface area contributed by atoms with E-state index < -0.39 is 5.41 Å². The number of thiophene rings is 1. The summed E-state index contributed by atoms with van der Waals surface area (Å²) in [7, 11) is 11.3. The minimum atomic E-state index is -0.433. The van der Waals surface area contributed by atoms with Gasteiger partial charge in [-0.15, -0.1) is 27.7 Å². The molecule has 2 nitrogen and oxygen atoms in total. The molecule has 1 spiro atoms. The van der Waals surface area contributed by atoms with Gasteiger partial charge in [0, 0.05) is 57.8 Å². The van der Waals surface area contributed by atoms with Crippen LogP contribution >= 0.6 is 23.1 Å². The molecule has 1 aliphatic carbocycles.